The highest BCUT2D eigenvalue weighted by atomic mass is 19.4. The van der Waals surface area contributed by atoms with Gasteiger partial charge in [-0.05, 0) is 30.4 Å². The van der Waals surface area contributed by atoms with Crippen molar-refractivity contribution >= 4 is 16.7 Å². The molecule has 0 spiro atoms. The SMILES string of the molecule is C[C@H]1C[C@H](C)CN(c2nc(C(F)(F)F)nc3ccccc23)C1. The maximum absolute atomic E-state index is 13.1. The van der Waals surface area contributed by atoms with Crippen LogP contribution in [0.1, 0.15) is 26.1 Å². The van der Waals surface area contributed by atoms with Gasteiger partial charge in [0.1, 0.15) is 5.82 Å². The topological polar surface area (TPSA) is 29.0 Å². The van der Waals surface area contributed by atoms with Crippen molar-refractivity contribution in [3.63, 3.8) is 0 Å². The molecule has 2 heterocycles. The largest absolute Gasteiger partial charge is 0.451 e. The highest BCUT2D eigenvalue weighted by molar-refractivity contribution is 5.89. The highest BCUT2D eigenvalue weighted by Crippen LogP contribution is 2.34. The highest BCUT2D eigenvalue weighted by Gasteiger charge is 2.36. The predicted octanol–water partition coefficient (Wildman–Crippen LogP) is 4.13. The van der Waals surface area contributed by atoms with Crippen molar-refractivity contribution in [2.75, 3.05) is 18.0 Å². The minimum Gasteiger partial charge on any atom is -0.355 e. The molecule has 0 saturated carbocycles. The van der Waals surface area contributed by atoms with Gasteiger partial charge in [-0.3, -0.25) is 0 Å². The van der Waals surface area contributed by atoms with Crippen molar-refractivity contribution < 1.29 is 13.2 Å². The molecule has 1 aromatic heterocycles. The van der Waals surface area contributed by atoms with Gasteiger partial charge in [-0.15, -0.1) is 0 Å². The average Bonchev–Trinajstić information content (AvgIpc) is 2.44. The van der Waals surface area contributed by atoms with Crippen molar-refractivity contribution in [2.24, 2.45) is 11.8 Å². The summed E-state index contributed by atoms with van der Waals surface area (Å²) in [4.78, 5) is 9.50. The van der Waals surface area contributed by atoms with Crippen LogP contribution in [0.5, 0.6) is 0 Å². The van der Waals surface area contributed by atoms with Gasteiger partial charge in [-0.2, -0.15) is 13.2 Å². The second-order valence-corrected chi connectivity index (χ2v) is 6.24. The monoisotopic (exact) mass is 309 g/mol. The van der Waals surface area contributed by atoms with Crippen molar-refractivity contribution in [1.82, 2.24) is 9.97 Å². The fourth-order valence-corrected chi connectivity index (χ4v) is 3.26. The second-order valence-electron chi connectivity index (χ2n) is 6.24. The Labute approximate surface area is 127 Å². The number of fused-ring (bicyclic) bond motifs is 1. The van der Waals surface area contributed by atoms with Gasteiger partial charge >= 0.3 is 6.18 Å². The fourth-order valence-electron chi connectivity index (χ4n) is 3.26. The zero-order valence-electron chi connectivity index (χ0n) is 12.6. The summed E-state index contributed by atoms with van der Waals surface area (Å²) in [5.41, 5.74) is 0.339. The number of alkyl halides is 3. The number of hydrogen-bond acceptors (Lipinski definition) is 3. The first-order valence-corrected chi connectivity index (χ1v) is 7.43. The lowest BCUT2D eigenvalue weighted by molar-refractivity contribution is -0.144. The van der Waals surface area contributed by atoms with E-state index < -0.39 is 12.0 Å². The predicted molar refractivity (Wildman–Crippen MR) is 79.7 cm³/mol. The maximum Gasteiger partial charge on any atom is 0.451 e. The Morgan fingerprint density at radius 1 is 1.05 bits per heavy atom. The smallest absolute Gasteiger partial charge is 0.355 e. The van der Waals surface area contributed by atoms with Gasteiger partial charge in [-0.25, -0.2) is 9.97 Å². The lowest BCUT2D eigenvalue weighted by atomic mass is 9.92. The van der Waals surface area contributed by atoms with E-state index in [0.717, 1.165) is 19.5 Å². The quantitative estimate of drug-likeness (QED) is 0.793. The van der Waals surface area contributed by atoms with Crippen molar-refractivity contribution in [3.05, 3.63) is 30.1 Å². The van der Waals surface area contributed by atoms with E-state index in [-0.39, 0.29) is 0 Å². The number of anilines is 1. The molecule has 0 unspecified atom stereocenters. The van der Waals surface area contributed by atoms with Crippen LogP contribution in [0.4, 0.5) is 19.0 Å². The Bertz CT molecular complexity index is 674. The number of nitrogens with zero attached hydrogens (tertiary/aromatic N) is 3. The molecule has 0 bridgehead atoms. The molecule has 3 rings (SSSR count). The van der Waals surface area contributed by atoms with Crippen LogP contribution in [-0.4, -0.2) is 23.1 Å². The molecule has 6 heteroatoms. The molecule has 3 nitrogen and oxygen atoms in total. The van der Waals surface area contributed by atoms with Gasteiger partial charge in [0.15, 0.2) is 0 Å². The lowest BCUT2D eigenvalue weighted by Gasteiger charge is -2.36. The van der Waals surface area contributed by atoms with Crippen LogP contribution in [-0.2, 0) is 6.18 Å². The summed E-state index contributed by atoms with van der Waals surface area (Å²) in [6.07, 6.45) is -3.45. The van der Waals surface area contributed by atoms with Crippen LogP contribution >= 0.6 is 0 Å². The molecule has 0 N–H and O–H groups in total. The van der Waals surface area contributed by atoms with Crippen LogP contribution in [0.3, 0.4) is 0 Å². The van der Waals surface area contributed by atoms with Gasteiger partial charge in [-0.1, -0.05) is 26.0 Å². The van der Waals surface area contributed by atoms with E-state index in [0.29, 0.717) is 28.6 Å². The molecule has 118 valence electrons. The van der Waals surface area contributed by atoms with Crippen LogP contribution in [0, 0.1) is 11.8 Å². The Balaban J connectivity index is 2.14. The van der Waals surface area contributed by atoms with Crippen LogP contribution in [0.25, 0.3) is 10.9 Å². The number of hydrogen-bond donors (Lipinski definition) is 0. The Morgan fingerprint density at radius 3 is 2.32 bits per heavy atom. The summed E-state index contributed by atoms with van der Waals surface area (Å²) in [6.45, 7) is 5.69. The summed E-state index contributed by atoms with van der Waals surface area (Å²) < 4.78 is 39.2. The molecule has 1 fully saturated rings. The number of para-hydroxylation sites is 1. The van der Waals surface area contributed by atoms with E-state index in [9.17, 15) is 13.2 Å². The number of aromatic nitrogens is 2. The van der Waals surface area contributed by atoms with Crippen LogP contribution in [0.2, 0.25) is 0 Å². The first kappa shape index (κ1) is 15.1. The molecule has 1 aromatic carbocycles. The molecular weight excluding hydrogens is 291 g/mol. The molecule has 2 atom stereocenters. The van der Waals surface area contributed by atoms with Crippen molar-refractivity contribution in [1.29, 1.82) is 0 Å². The summed E-state index contributed by atoms with van der Waals surface area (Å²) in [6, 6.07) is 6.89. The van der Waals surface area contributed by atoms with Gasteiger partial charge in [0.25, 0.3) is 0 Å². The average molecular weight is 309 g/mol. The number of halogens is 3. The fraction of sp³-hybridized carbons (Fsp3) is 0.500. The summed E-state index contributed by atoms with van der Waals surface area (Å²) in [5.74, 6) is 0.210. The first-order chi connectivity index (χ1) is 10.3. The molecule has 0 radical (unpaired) electrons. The number of rotatable bonds is 1. The molecule has 1 saturated heterocycles. The molecule has 22 heavy (non-hydrogen) atoms. The van der Waals surface area contributed by atoms with Gasteiger partial charge < -0.3 is 4.90 Å². The van der Waals surface area contributed by atoms with Crippen molar-refractivity contribution in [3.8, 4) is 0 Å². The van der Waals surface area contributed by atoms with E-state index in [1.807, 2.05) is 4.90 Å². The lowest BCUT2D eigenvalue weighted by Crippen LogP contribution is -2.39. The summed E-state index contributed by atoms with van der Waals surface area (Å²) in [7, 11) is 0. The van der Waals surface area contributed by atoms with E-state index in [1.165, 1.54) is 0 Å². The zero-order valence-corrected chi connectivity index (χ0v) is 12.6. The Kier molecular flexibility index (Phi) is 3.70. The van der Waals surface area contributed by atoms with Gasteiger partial charge in [0.05, 0.1) is 5.52 Å². The minimum absolute atomic E-state index is 0.339. The third-order valence-corrected chi connectivity index (χ3v) is 4.01. The third-order valence-electron chi connectivity index (χ3n) is 4.01. The standard InChI is InChI=1S/C16H18F3N3/c1-10-7-11(2)9-22(8-10)14-12-5-3-4-6-13(12)20-15(21-14)16(17,18)19/h3-6,10-11H,7-9H2,1-2H3/t10-,11-/m0/s1. The summed E-state index contributed by atoms with van der Waals surface area (Å²) >= 11 is 0. The van der Waals surface area contributed by atoms with E-state index in [4.69, 9.17) is 0 Å². The molecule has 1 aliphatic heterocycles. The van der Waals surface area contributed by atoms with E-state index in [2.05, 4.69) is 23.8 Å². The number of piperidine rings is 1. The van der Waals surface area contributed by atoms with E-state index in [1.54, 1.807) is 24.3 Å². The molecule has 1 aliphatic rings. The molecule has 2 aromatic rings. The second kappa shape index (κ2) is 5.41. The third kappa shape index (κ3) is 2.87. The zero-order chi connectivity index (χ0) is 15.9. The first-order valence-electron chi connectivity index (χ1n) is 7.43. The van der Waals surface area contributed by atoms with Crippen LogP contribution in [0.15, 0.2) is 24.3 Å². The van der Waals surface area contributed by atoms with Crippen molar-refractivity contribution in [2.45, 2.75) is 26.4 Å². The number of benzene rings is 1. The normalized spacial score (nSPS) is 23.0. The Morgan fingerprint density at radius 2 is 1.68 bits per heavy atom. The molecule has 0 aliphatic carbocycles. The molecule has 0 amide bonds. The minimum atomic E-state index is -4.54. The van der Waals surface area contributed by atoms with Gasteiger partial charge in [0, 0.05) is 18.5 Å². The Hall–Kier alpha value is -1.85. The molecular formula is C16H18F3N3. The van der Waals surface area contributed by atoms with E-state index >= 15 is 0 Å². The van der Waals surface area contributed by atoms with Gasteiger partial charge in [0.2, 0.25) is 5.82 Å². The maximum atomic E-state index is 13.1. The van der Waals surface area contributed by atoms with Crippen LogP contribution < -0.4 is 4.90 Å². The summed E-state index contributed by atoms with van der Waals surface area (Å²) in [5, 5.41) is 0.678.